The molecule has 1 aliphatic heterocycles. The first-order valence-electron chi connectivity index (χ1n) is 10.8. The number of hydrogen-bond donors (Lipinski definition) is 1. The van der Waals surface area contributed by atoms with Crippen LogP contribution in [0.4, 0.5) is 5.69 Å². The predicted octanol–water partition coefficient (Wildman–Crippen LogP) is 5.15. The molecule has 0 radical (unpaired) electrons. The van der Waals surface area contributed by atoms with Crippen LogP contribution in [0, 0.1) is 7.14 Å². The maximum absolute atomic E-state index is 13.8. The van der Waals surface area contributed by atoms with Crippen LogP contribution in [0.15, 0.2) is 81.0 Å². The largest absolute Gasteiger partial charge is 0.495 e. The van der Waals surface area contributed by atoms with E-state index in [-0.39, 0.29) is 11.5 Å². The fraction of sp³-hybridized carbons (Fsp3) is 0.115. The van der Waals surface area contributed by atoms with Gasteiger partial charge in [-0.25, -0.2) is 4.99 Å². The second-order valence-electron chi connectivity index (χ2n) is 7.94. The topological polar surface area (TPSA) is 72.7 Å². The summed E-state index contributed by atoms with van der Waals surface area (Å²) in [5.74, 6) is 0.548. The molecule has 6 nitrogen and oxygen atoms in total. The molecule has 2 aromatic heterocycles. The molecular formula is C26H19I2N3O3S2. The minimum atomic E-state index is -0.553. The molecule has 3 heterocycles. The highest BCUT2D eigenvalue weighted by Gasteiger charge is 2.33. The van der Waals surface area contributed by atoms with E-state index in [1.807, 2.05) is 73.0 Å². The minimum Gasteiger partial charge on any atom is -0.495 e. The SMILES string of the molecule is COc1c(I)cc(/C=c2\sc3n(c2=O)C(c2cccs2)C(C(=O)Nc2ccccc2)=C(C)N=3)cc1I. The molecule has 1 aliphatic rings. The normalized spacial score (nSPS) is 15.4. The zero-order valence-electron chi connectivity index (χ0n) is 19.1. The Hall–Kier alpha value is -2.29. The van der Waals surface area contributed by atoms with Crippen LogP contribution in [0.1, 0.15) is 23.4 Å². The van der Waals surface area contributed by atoms with Crippen LogP contribution in [-0.4, -0.2) is 17.6 Å². The molecule has 0 saturated carbocycles. The van der Waals surface area contributed by atoms with Gasteiger partial charge in [0.2, 0.25) is 0 Å². The molecule has 0 fully saturated rings. The summed E-state index contributed by atoms with van der Waals surface area (Å²) in [5, 5.41) is 4.92. The zero-order chi connectivity index (χ0) is 25.4. The third kappa shape index (κ3) is 4.83. The summed E-state index contributed by atoms with van der Waals surface area (Å²) in [6.07, 6.45) is 1.88. The lowest BCUT2D eigenvalue weighted by molar-refractivity contribution is -0.113. The number of carbonyl (C=O) groups is 1. The Morgan fingerprint density at radius 3 is 2.50 bits per heavy atom. The van der Waals surface area contributed by atoms with E-state index < -0.39 is 6.04 Å². The first-order chi connectivity index (χ1) is 17.4. The number of benzene rings is 2. The molecule has 0 spiro atoms. The minimum absolute atomic E-state index is 0.171. The number of hydrogen-bond acceptors (Lipinski definition) is 6. The molecule has 4 aromatic rings. The van der Waals surface area contributed by atoms with Gasteiger partial charge in [-0.05, 0) is 99.5 Å². The van der Waals surface area contributed by atoms with Crippen molar-refractivity contribution in [3.8, 4) is 5.75 Å². The molecule has 2 aromatic carbocycles. The molecule has 0 aliphatic carbocycles. The highest BCUT2D eigenvalue weighted by molar-refractivity contribution is 14.1. The lowest BCUT2D eigenvalue weighted by atomic mass is 10.0. The smallest absolute Gasteiger partial charge is 0.271 e. The van der Waals surface area contributed by atoms with Gasteiger partial charge in [0.25, 0.3) is 11.5 Å². The van der Waals surface area contributed by atoms with Gasteiger partial charge in [-0.15, -0.1) is 11.3 Å². The molecule has 1 amide bonds. The van der Waals surface area contributed by atoms with Crippen molar-refractivity contribution in [3.63, 3.8) is 0 Å². The Labute approximate surface area is 242 Å². The number of allylic oxidation sites excluding steroid dienone is 1. The number of carbonyl (C=O) groups excluding carboxylic acids is 1. The maximum Gasteiger partial charge on any atom is 0.271 e. The van der Waals surface area contributed by atoms with Crippen LogP contribution in [-0.2, 0) is 4.79 Å². The summed E-state index contributed by atoms with van der Waals surface area (Å²) in [5.41, 5.74) is 2.49. The average Bonchev–Trinajstić information content (AvgIpc) is 3.47. The van der Waals surface area contributed by atoms with Crippen molar-refractivity contribution in [3.05, 3.63) is 109 Å². The number of nitrogens with one attached hydrogen (secondary N) is 1. The van der Waals surface area contributed by atoms with E-state index in [4.69, 9.17) is 9.73 Å². The number of ether oxygens (including phenoxy) is 1. The Bertz CT molecular complexity index is 1650. The third-order valence-corrected chi connectivity index (χ3v) is 9.14. The number of para-hydroxylation sites is 1. The fourth-order valence-corrected chi connectivity index (χ4v) is 8.18. The summed E-state index contributed by atoms with van der Waals surface area (Å²) >= 11 is 7.31. The Morgan fingerprint density at radius 2 is 1.86 bits per heavy atom. The number of thiophene rings is 1. The molecule has 5 rings (SSSR count). The summed E-state index contributed by atoms with van der Waals surface area (Å²) in [4.78, 5) is 33.4. The quantitative estimate of drug-likeness (QED) is 0.288. The first kappa shape index (κ1) is 25.4. The van der Waals surface area contributed by atoms with E-state index in [9.17, 15) is 9.59 Å². The number of aromatic nitrogens is 1. The van der Waals surface area contributed by atoms with Crippen LogP contribution >= 0.6 is 67.9 Å². The van der Waals surface area contributed by atoms with E-state index in [1.165, 1.54) is 22.7 Å². The molecular weight excluding hydrogens is 720 g/mol. The van der Waals surface area contributed by atoms with Gasteiger partial charge in [0.1, 0.15) is 11.8 Å². The standard InChI is InChI=1S/C26H19I2N3O3S2/c1-14-21(24(32)30-16-7-4-3-5-8-16)22(19-9-6-10-35-19)31-25(33)20(36-26(31)29-14)13-15-11-17(27)23(34-2)18(28)12-15/h3-13,22H,1-2H3,(H,30,32)/b20-13-. The lowest BCUT2D eigenvalue weighted by Gasteiger charge is -2.24. The van der Waals surface area contributed by atoms with E-state index >= 15 is 0 Å². The second-order valence-corrected chi connectivity index (χ2v) is 12.2. The van der Waals surface area contributed by atoms with Gasteiger partial charge < -0.3 is 10.1 Å². The number of methoxy groups -OCH3 is 1. The Kier molecular flexibility index (Phi) is 7.47. The van der Waals surface area contributed by atoms with Crippen LogP contribution < -0.4 is 24.9 Å². The van der Waals surface area contributed by atoms with Gasteiger partial charge in [-0.2, -0.15) is 0 Å². The number of thiazole rings is 1. The monoisotopic (exact) mass is 739 g/mol. The molecule has 0 bridgehead atoms. The van der Waals surface area contributed by atoms with Crippen molar-refractivity contribution in [2.75, 3.05) is 12.4 Å². The number of nitrogens with zero attached hydrogens (tertiary/aromatic N) is 2. The second kappa shape index (κ2) is 10.6. The summed E-state index contributed by atoms with van der Waals surface area (Å²) in [7, 11) is 1.65. The van der Waals surface area contributed by atoms with Crippen LogP contribution in [0.3, 0.4) is 0 Å². The van der Waals surface area contributed by atoms with Crippen molar-refractivity contribution in [1.29, 1.82) is 0 Å². The van der Waals surface area contributed by atoms with Gasteiger partial charge in [0.05, 0.1) is 30.1 Å². The summed E-state index contributed by atoms with van der Waals surface area (Å²) in [6, 6.07) is 16.6. The van der Waals surface area contributed by atoms with Gasteiger partial charge in [-0.1, -0.05) is 35.6 Å². The number of amides is 1. The van der Waals surface area contributed by atoms with Crippen molar-refractivity contribution < 1.29 is 9.53 Å². The van der Waals surface area contributed by atoms with Crippen molar-refractivity contribution in [1.82, 2.24) is 4.57 Å². The molecule has 10 heteroatoms. The fourth-order valence-electron chi connectivity index (χ4n) is 4.06. The van der Waals surface area contributed by atoms with Crippen LogP contribution in [0.25, 0.3) is 6.08 Å². The van der Waals surface area contributed by atoms with E-state index in [0.29, 0.717) is 26.3 Å². The van der Waals surface area contributed by atoms with Crippen molar-refractivity contribution in [2.45, 2.75) is 13.0 Å². The molecule has 1 atom stereocenters. The number of fused-ring (bicyclic) bond motifs is 1. The average molecular weight is 739 g/mol. The van der Waals surface area contributed by atoms with Crippen molar-refractivity contribution in [2.24, 2.45) is 4.99 Å². The molecule has 182 valence electrons. The maximum atomic E-state index is 13.8. The molecule has 1 N–H and O–H groups in total. The molecule has 0 saturated heterocycles. The number of rotatable bonds is 5. The van der Waals surface area contributed by atoms with E-state index in [0.717, 1.165) is 23.3 Å². The Balaban J connectivity index is 1.64. The highest BCUT2D eigenvalue weighted by atomic mass is 127. The van der Waals surface area contributed by atoms with Crippen LogP contribution in [0.2, 0.25) is 0 Å². The zero-order valence-corrected chi connectivity index (χ0v) is 25.1. The number of anilines is 1. The molecule has 36 heavy (non-hydrogen) atoms. The van der Waals surface area contributed by atoms with Crippen molar-refractivity contribution >= 4 is 85.5 Å². The third-order valence-electron chi connectivity index (χ3n) is 5.63. The molecule has 1 unspecified atom stereocenters. The van der Waals surface area contributed by atoms with Gasteiger partial charge in [-0.3, -0.25) is 14.2 Å². The summed E-state index contributed by atoms with van der Waals surface area (Å²) < 4.78 is 9.60. The highest BCUT2D eigenvalue weighted by Crippen LogP contribution is 2.33. The predicted molar refractivity (Wildman–Crippen MR) is 162 cm³/mol. The van der Waals surface area contributed by atoms with Gasteiger partial charge >= 0.3 is 0 Å². The number of halogens is 2. The van der Waals surface area contributed by atoms with Crippen LogP contribution in [0.5, 0.6) is 5.75 Å². The van der Waals surface area contributed by atoms with E-state index in [2.05, 4.69) is 50.5 Å². The Morgan fingerprint density at radius 1 is 1.14 bits per heavy atom. The summed E-state index contributed by atoms with van der Waals surface area (Å²) in [6.45, 7) is 1.83. The van der Waals surface area contributed by atoms with E-state index in [1.54, 1.807) is 11.7 Å². The first-order valence-corrected chi connectivity index (χ1v) is 14.7. The lowest BCUT2D eigenvalue weighted by Crippen LogP contribution is -2.40. The van der Waals surface area contributed by atoms with Gasteiger partial charge in [0.15, 0.2) is 4.80 Å². The van der Waals surface area contributed by atoms with Gasteiger partial charge in [0, 0.05) is 10.6 Å².